The Balaban J connectivity index is 2.83. The van der Waals surface area contributed by atoms with Gasteiger partial charge in [0.2, 0.25) is 0 Å². The van der Waals surface area contributed by atoms with Gasteiger partial charge in [0.05, 0.1) is 12.2 Å². The van der Waals surface area contributed by atoms with Gasteiger partial charge in [-0.05, 0) is 51.6 Å². The first-order valence-corrected chi connectivity index (χ1v) is 8.81. The lowest BCUT2D eigenvalue weighted by Gasteiger charge is -2.26. The van der Waals surface area contributed by atoms with Crippen LogP contribution in [0, 0.1) is 0 Å². The average molecular weight is 301 g/mol. The fourth-order valence-corrected chi connectivity index (χ4v) is 4.34. The molecule has 1 aromatic carbocycles. The first-order chi connectivity index (χ1) is 8.82. The summed E-state index contributed by atoms with van der Waals surface area (Å²) >= 11 is 5.37. The van der Waals surface area contributed by atoms with Gasteiger partial charge in [0, 0.05) is 5.56 Å². The average Bonchev–Trinajstić information content (AvgIpc) is 2.27. The van der Waals surface area contributed by atoms with Crippen molar-refractivity contribution >= 4 is 24.4 Å². The number of carbonyl (C=O) groups is 1. The molecule has 4 nitrogen and oxygen atoms in total. The van der Waals surface area contributed by atoms with E-state index in [1.54, 1.807) is 24.3 Å². The van der Waals surface area contributed by atoms with Gasteiger partial charge in [-0.15, -0.1) is 0 Å². The number of benzene rings is 1. The molecule has 0 heterocycles. The van der Waals surface area contributed by atoms with E-state index >= 15 is 0 Å². The molecule has 0 fully saturated rings. The minimum Gasteiger partial charge on any atom is -0.311 e. The van der Waals surface area contributed by atoms with Crippen LogP contribution in [-0.2, 0) is 20.9 Å². The zero-order valence-corrected chi connectivity index (χ0v) is 13.3. The molecule has 0 aromatic heterocycles. The van der Waals surface area contributed by atoms with Gasteiger partial charge in [-0.2, -0.15) is 0 Å². The second kappa shape index (κ2) is 7.15. The molecule has 0 saturated heterocycles. The van der Waals surface area contributed by atoms with Crippen molar-refractivity contribution in [3.05, 3.63) is 35.9 Å². The molecule has 0 spiro atoms. The molecule has 0 aliphatic heterocycles. The number of amides is 1. The van der Waals surface area contributed by atoms with Gasteiger partial charge in [-0.25, -0.2) is 0 Å². The summed E-state index contributed by atoms with van der Waals surface area (Å²) in [6.07, 6.45) is -0.221. The van der Waals surface area contributed by atoms with E-state index in [2.05, 4.69) is 5.09 Å². The van der Waals surface area contributed by atoms with E-state index in [9.17, 15) is 4.79 Å². The van der Waals surface area contributed by atoms with Crippen molar-refractivity contribution in [1.29, 1.82) is 0 Å². The molecule has 0 aliphatic rings. The third-order valence-corrected chi connectivity index (χ3v) is 4.64. The lowest BCUT2D eigenvalue weighted by atomic mass is 10.2. The van der Waals surface area contributed by atoms with Crippen LogP contribution in [0.25, 0.3) is 0 Å². The number of hydrogen-bond acceptors (Lipinski definition) is 4. The van der Waals surface area contributed by atoms with Crippen molar-refractivity contribution in [2.24, 2.45) is 0 Å². The Morgan fingerprint density at radius 1 is 1.11 bits per heavy atom. The number of hydrogen-bond donors (Lipinski definition) is 1. The van der Waals surface area contributed by atoms with Crippen LogP contribution in [0.4, 0.5) is 0 Å². The van der Waals surface area contributed by atoms with Crippen molar-refractivity contribution in [3.63, 3.8) is 0 Å². The lowest BCUT2D eigenvalue weighted by molar-refractivity contribution is 0.0958. The molecule has 106 valence electrons. The van der Waals surface area contributed by atoms with Crippen molar-refractivity contribution in [1.82, 2.24) is 5.09 Å². The maximum atomic E-state index is 12.1. The molecule has 1 amide bonds. The van der Waals surface area contributed by atoms with Crippen molar-refractivity contribution in [3.8, 4) is 0 Å². The molecular formula is C13H20NO3PS. The van der Waals surface area contributed by atoms with Crippen LogP contribution in [0.3, 0.4) is 0 Å². The Labute approximate surface area is 119 Å². The topological polar surface area (TPSA) is 47.6 Å². The summed E-state index contributed by atoms with van der Waals surface area (Å²) in [6, 6.07) is 8.89. The van der Waals surface area contributed by atoms with Crippen LogP contribution in [0.2, 0.25) is 0 Å². The summed E-state index contributed by atoms with van der Waals surface area (Å²) in [4.78, 5) is 12.1. The monoisotopic (exact) mass is 301 g/mol. The number of carbonyl (C=O) groups excluding carboxylic acids is 1. The highest BCUT2D eigenvalue weighted by Crippen LogP contribution is 2.46. The van der Waals surface area contributed by atoms with Crippen LogP contribution < -0.4 is 5.09 Å². The van der Waals surface area contributed by atoms with Gasteiger partial charge in [0.15, 0.2) is 0 Å². The van der Waals surface area contributed by atoms with Crippen LogP contribution in [0.1, 0.15) is 38.1 Å². The van der Waals surface area contributed by atoms with E-state index in [0.717, 1.165) is 0 Å². The van der Waals surface area contributed by atoms with Gasteiger partial charge in [0.25, 0.3) is 12.5 Å². The van der Waals surface area contributed by atoms with E-state index in [0.29, 0.717) is 5.56 Å². The normalized spacial score (nSPS) is 11.9. The number of rotatable bonds is 6. The van der Waals surface area contributed by atoms with Crippen LogP contribution in [0.15, 0.2) is 30.3 Å². The van der Waals surface area contributed by atoms with E-state index < -0.39 is 6.64 Å². The molecule has 1 aromatic rings. The predicted molar refractivity (Wildman–Crippen MR) is 80.6 cm³/mol. The third kappa shape index (κ3) is 5.83. The van der Waals surface area contributed by atoms with Crippen molar-refractivity contribution < 1.29 is 13.8 Å². The summed E-state index contributed by atoms with van der Waals surface area (Å²) in [5.74, 6) is -0.273. The molecular weight excluding hydrogens is 281 g/mol. The molecule has 0 saturated carbocycles. The van der Waals surface area contributed by atoms with Crippen molar-refractivity contribution in [2.45, 2.75) is 39.9 Å². The van der Waals surface area contributed by atoms with Gasteiger partial charge < -0.3 is 9.05 Å². The summed E-state index contributed by atoms with van der Waals surface area (Å²) in [5, 5.41) is 2.71. The predicted octanol–water partition coefficient (Wildman–Crippen LogP) is 3.49. The van der Waals surface area contributed by atoms with Gasteiger partial charge >= 0.3 is 0 Å². The summed E-state index contributed by atoms with van der Waals surface area (Å²) in [5.41, 5.74) is 0.538. The minimum atomic E-state index is -2.82. The fourth-order valence-electron chi connectivity index (χ4n) is 1.41. The Hall–Kier alpha value is -0.740. The van der Waals surface area contributed by atoms with Gasteiger partial charge in [-0.3, -0.25) is 9.88 Å². The van der Waals surface area contributed by atoms with Crippen LogP contribution in [0.5, 0.6) is 0 Å². The smallest absolute Gasteiger partial charge is 0.290 e. The quantitative estimate of drug-likeness (QED) is 0.817. The minimum absolute atomic E-state index is 0.111. The van der Waals surface area contributed by atoms with Gasteiger partial charge in [0.1, 0.15) is 0 Å². The Kier molecular flexibility index (Phi) is 6.14. The summed E-state index contributed by atoms with van der Waals surface area (Å²) in [6.45, 7) is 4.62. The highest BCUT2D eigenvalue weighted by Gasteiger charge is 2.25. The molecule has 0 radical (unpaired) electrons. The highest BCUT2D eigenvalue weighted by molar-refractivity contribution is 8.09. The first-order valence-electron chi connectivity index (χ1n) is 6.17. The Morgan fingerprint density at radius 3 is 2.00 bits per heavy atom. The SMILES string of the molecule is CC(C)OP(=S)(NC(=O)c1ccccc1)OC(C)C. The van der Waals surface area contributed by atoms with Gasteiger partial charge in [-0.1, -0.05) is 18.2 Å². The molecule has 1 N–H and O–H groups in total. The van der Waals surface area contributed by atoms with E-state index in [-0.39, 0.29) is 18.1 Å². The summed E-state index contributed by atoms with van der Waals surface area (Å²) in [7, 11) is 0. The van der Waals surface area contributed by atoms with E-state index in [1.807, 2.05) is 33.8 Å². The maximum Gasteiger partial charge on any atom is 0.290 e. The van der Waals surface area contributed by atoms with Crippen LogP contribution in [-0.4, -0.2) is 18.1 Å². The molecule has 1 rings (SSSR count). The maximum absolute atomic E-state index is 12.1. The fraction of sp³-hybridized carbons (Fsp3) is 0.462. The highest BCUT2D eigenvalue weighted by atomic mass is 32.5. The molecule has 0 bridgehead atoms. The molecule has 0 aliphatic carbocycles. The molecule has 6 heteroatoms. The second-order valence-corrected chi connectivity index (χ2v) is 7.70. The standard InChI is InChI=1S/C13H20NO3PS/c1-10(2)16-18(19,17-11(3)4)14-13(15)12-8-6-5-7-9-12/h5-11H,1-4H3,(H,14,15,19). The second-order valence-electron chi connectivity index (χ2n) is 4.61. The molecule has 19 heavy (non-hydrogen) atoms. The van der Waals surface area contributed by atoms with E-state index in [1.165, 1.54) is 0 Å². The largest absolute Gasteiger partial charge is 0.311 e. The summed E-state index contributed by atoms with van der Waals surface area (Å²) < 4.78 is 11.2. The third-order valence-electron chi connectivity index (χ3n) is 1.97. The number of nitrogens with one attached hydrogen (secondary N) is 1. The molecule has 0 unspecified atom stereocenters. The van der Waals surface area contributed by atoms with Crippen LogP contribution >= 0.6 is 6.64 Å². The van der Waals surface area contributed by atoms with E-state index in [4.69, 9.17) is 20.9 Å². The van der Waals surface area contributed by atoms with Crippen molar-refractivity contribution in [2.75, 3.05) is 0 Å². The first kappa shape index (κ1) is 16.3. The zero-order chi connectivity index (χ0) is 14.5. The Morgan fingerprint density at radius 2 is 1.58 bits per heavy atom. The molecule has 0 atom stereocenters. The zero-order valence-electron chi connectivity index (χ0n) is 11.6. The lowest BCUT2D eigenvalue weighted by Crippen LogP contribution is -2.25. The Bertz CT molecular complexity index is 448.